The summed E-state index contributed by atoms with van der Waals surface area (Å²) in [6.07, 6.45) is -0.989. The van der Waals surface area contributed by atoms with Gasteiger partial charge in [0.2, 0.25) is 0 Å². The van der Waals surface area contributed by atoms with Crippen LogP contribution < -0.4 is 10.2 Å². The Morgan fingerprint density at radius 1 is 1.29 bits per heavy atom. The Morgan fingerprint density at radius 3 is 2.57 bits per heavy atom. The average molecular weight is 303 g/mol. The fourth-order valence-electron chi connectivity index (χ4n) is 2.12. The zero-order chi connectivity index (χ0) is 15.9. The number of alkyl halides is 3. The minimum Gasteiger partial charge on any atom is -0.348 e. The first-order valence-corrected chi connectivity index (χ1v) is 7.38. The van der Waals surface area contributed by atoms with Crippen LogP contribution in [-0.4, -0.2) is 30.8 Å². The molecule has 0 spiro atoms. The number of hydrogen-bond donors (Lipinski definition) is 1. The van der Waals surface area contributed by atoms with Crippen molar-refractivity contribution >= 4 is 5.82 Å². The molecule has 0 radical (unpaired) electrons. The van der Waals surface area contributed by atoms with Crippen molar-refractivity contribution in [2.75, 3.05) is 24.5 Å². The standard InChI is InChI=1S/C15H24F3N3/c1-4-7-19-12(3)13-6-8-20-14(10-13)21(9-5-2)11-15(16,17)18/h6,8,10,12,19H,4-5,7,9,11H2,1-3H3. The second-order valence-corrected chi connectivity index (χ2v) is 5.16. The van der Waals surface area contributed by atoms with Gasteiger partial charge in [-0.2, -0.15) is 13.2 Å². The van der Waals surface area contributed by atoms with Crippen molar-refractivity contribution < 1.29 is 13.2 Å². The molecule has 6 heteroatoms. The molecule has 1 rings (SSSR count). The Morgan fingerprint density at radius 2 is 2.00 bits per heavy atom. The van der Waals surface area contributed by atoms with E-state index in [2.05, 4.69) is 17.2 Å². The number of pyridine rings is 1. The highest BCUT2D eigenvalue weighted by atomic mass is 19.4. The maximum atomic E-state index is 12.7. The molecule has 0 saturated heterocycles. The van der Waals surface area contributed by atoms with E-state index in [9.17, 15) is 13.2 Å². The minimum atomic E-state index is -4.22. The van der Waals surface area contributed by atoms with Crippen molar-refractivity contribution in [1.82, 2.24) is 10.3 Å². The van der Waals surface area contributed by atoms with Crippen LogP contribution in [0.25, 0.3) is 0 Å². The molecule has 1 aromatic rings. The fraction of sp³-hybridized carbons (Fsp3) is 0.667. The van der Waals surface area contributed by atoms with Crippen LogP contribution in [0.1, 0.15) is 45.2 Å². The maximum Gasteiger partial charge on any atom is 0.405 e. The number of nitrogens with one attached hydrogen (secondary N) is 1. The summed E-state index contributed by atoms with van der Waals surface area (Å²) in [6.45, 7) is 6.19. The molecule has 1 N–H and O–H groups in total. The Bertz CT molecular complexity index is 421. The first-order chi connectivity index (χ1) is 9.87. The van der Waals surface area contributed by atoms with E-state index in [1.165, 1.54) is 4.90 Å². The summed E-state index contributed by atoms with van der Waals surface area (Å²) in [7, 11) is 0. The van der Waals surface area contributed by atoms with Gasteiger partial charge in [-0.15, -0.1) is 0 Å². The van der Waals surface area contributed by atoms with Crippen molar-refractivity contribution in [3.63, 3.8) is 0 Å². The van der Waals surface area contributed by atoms with Gasteiger partial charge in [0.05, 0.1) is 0 Å². The largest absolute Gasteiger partial charge is 0.405 e. The van der Waals surface area contributed by atoms with E-state index in [0.717, 1.165) is 18.5 Å². The summed E-state index contributed by atoms with van der Waals surface area (Å²) in [5.41, 5.74) is 0.955. The molecular formula is C15H24F3N3. The van der Waals surface area contributed by atoms with Crippen molar-refractivity contribution in [3.05, 3.63) is 23.9 Å². The molecule has 21 heavy (non-hydrogen) atoms. The third-order valence-electron chi connectivity index (χ3n) is 3.16. The Balaban J connectivity index is 2.88. The Hall–Kier alpha value is -1.30. The third kappa shape index (κ3) is 6.33. The molecule has 0 saturated carbocycles. The lowest BCUT2D eigenvalue weighted by molar-refractivity contribution is -0.119. The third-order valence-corrected chi connectivity index (χ3v) is 3.16. The maximum absolute atomic E-state index is 12.7. The highest BCUT2D eigenvalue weighted by Crippen LogP contribution is 2.23. The van der Waals surface area contributed by atoms with Crippen molar-refractivity contribution in [3.8, 4) is 0 Å². The number of rotatable bonds is 8. The van der Waals surface area contributed by atoms with E-state index in [0.29, 0.717) is 18.8 Å². The van der Waals surface area contributed by atoms with Gasteiger partial charge < -0.3 is 10.2 Å². The summed E-state index contributed by atoms with van der Waals surface area (Å²) >= 11 is 0. The Kier molecular flexibility index (Phi) is 6.95. The van der Waals surface area contributed by atoms with E-state index in [4.69, 9.17) is 0 Å². The smallest absolute Gasteiger partial charge is 0.348 e. The van der Waals surface area contributed by atoms with Crippen LogP contribution in [0.15, 0.2) is 18.3 Å². The van der Waals surface area contributed by atoms with Crippen LogP contribution >= 0.6 is 0 Å². The molecule has 0 bridgehead atoms. The molecular weight excluding hydrogens is 279 g/mol. The molecule has 1 aromatic heterocycles. The predicted molar refractivity (Wildman–Crippen MR) is 79.5 cm³/mol. The number of halogens is 3. The Labute approximate surface area is 124 Å². The first-order valence-electron chi connectivity index (χ1n) is 7.38. The van der Waals surface area contributed by atoms with Gasteiger partial charge in [0.15, 0.2) is 0 Å². The summed E-state index contributed by atoms with van der Waals surface area (Å²) in [6, 6.07) is 3.68. The molecule has 0 aliphatic rings. The monoisotopic (exact) mass is 303 g/mol. The van der Waals surface area contributed by atoms with E-state index in [1.54, 1.807) is 12.3 Å². The molecule has 1 atom stereocenters. The number of aromatic nitrogens is 1. The second kappa shape index (κ2) is 8.22. The van der Waals surface area contributed by atoms with Gasteiger partial charge in [0.25, 0.3) is 0 Å². The van der Waals surface area contributed by atoms with Crippen LogP contribution in [0.4, 0.5) is 19.0 Å². The zero-order valence-corrected chi connectivity index (χ0v) is 12.9. The lowest BCUT2D eigenvalue weighted by Crippen LogP contribution is -2.35. The molecule has 1 unspecified atom stereocenters. The van der Waals surface area contributed by atoms with Gasteiger partial charge in [-0.1, -0.05) is 13.8 Å². The first kappa shape index (κ1) is 17.8. The van der Waals surface area contributed by atoms with E-state index in [1.807, 2.05) is 19.9 Å². The normalized spacial score (nSPS) is 13.2. The predicted octanol–water partition coefficient (Wildman–Crippen LogP) is 3.92. The molecule has 3 nitrogen and oxygen atoms in total. The minimum absolute atomic E-state index is 0.0982. The van der Waals surface area contributed by atoms with Gasteiger partial charge in [-0.3, -0.25) is 0 Å². The summed E-state index contributed by atoms with van der Waals surface area (Å²) in [4.78, 5) is 5.39. The van der Waals surface area contributed by atoms with Gasteiger partial charge in [-0.25, -0.2) is 4.98 Å². The quantitative estimate of drug-likeness (QED) is 0.789. The van der Waals surface area contributed by atoms with Crippen LogP contribution in [0.5, 0.6) is 0 Å². The summed E-state index contributed by atoms with van der Waals surface area (Å²) in [5.74, 6) is 0.386. The van der Waals surface area contributed by atoms with Gasteiger partial charge in [0.1, 0.15) is 12.4 Å². The molecule has 0 fully saturated rings. The van der Waals surface area contributed by atoms with Crippen LogP contribution in [-0.2, 0) is 0 Å². The van der Waals surface area contributed by atoms with E-state index >= 15 is 0 Å². The fourth-order valence-corrected chi connectivity index (χ4v) is 2.12. The lowest BCUT2D eigenvalue weighted by atomic mass is 10.1. The molecule has 0 aromatic carbocycles. The zero-order valence-electron chi connectivity index (χ0n) is 12.9. The van der Waals surface area contributed by atoms with Crippen molar-refractivity contribution in [2.45, 2.75) is 45.8 Å². The van der Waals surface area contributed by atoms with Crippen LogP contribution in [0, 0.1) is 0 Å². The molecule has 0 amide bonds. The summed E-state index contributed by atoms with van der Waals surface area (Å²) < 4.78 is 38.0. The highest BCUT2D eigenvalue weighted by molar-refractivity contribution is 5.42. The number of anilines is 1. The van der Waals surface area contributed by atoms with Gasteiger partial charge in [-0.05, 0) is 44.0 Å². The highest BCUT2D eigenvalue weighted by Gasteiger charge is 2.31. The second-order valence-electron chi connectivity index (χ2n) is 5.16. The van der Waals surface area contributed by atoms with Gasteiger partial charge >= 0.3 is 6.18 Å². The topological polar surface area (TPSA) is 28.2 Å². The summed E-state index contributed by atoms with van der Waals surface area (Å²) in [5, 5.41) is 3.33. The van der Waals surface area contributed by atoms with Crippen molar-refractivity contribution in [1.29, 1.82) is 0 Å². The molecule has 120 valence electrons. The molecule has 0 aliphatic carbocycles. The molecule has 1 heterocycles. The lowest BCUT2D eigenvalue weighted by Gasteiger charge is -2.25. The number of hydrogen-bond acceptors (Lipinski definition) is 3. The van der Waals surface area contributed by atoms with E-state index < -0.39 is 12.7 Å². The average Bonchev–Trinajstić information content (AvgIpc) is 2.43. The SMILES string of the molecule is CCCNC(C)c1ccnc(N(CCC)CC(F)(F)F)c1. The molecule has 0 aliphatic heterocycles. The number of nitrogens with zero attached hydrogens (tertiary/aromatic N) is 2. The van der Waals surface area contributed by atoms with Crippen molar-refractivity contribution in [2.24, 2.45) is 0 Å². The van der Waals surface area contributed by atoms with Crippen LogP contribution in [0.2, 0.25) is 0 Å². The van der Waals surface area contributed by atoms with Crippen LogP contribution in [0.3, 0.4) is 0 Å². The van der Waals surface area contributed by atoms with Gasteiger partial charge in [0, 0.05) is 18.8 Å². The van der Waals surface area contributed by atoms with E-state index in [-0.39, 0.29) is 6.04 Å².